The maximum absolute atomic E-state index is 6.25. The first-order chi connectivity index (χ1) is 10.1. The Kier molecular flexibility index (Phi) is 4.09. The average molecular weight is 291 g/mol. The fraction of sp³-hybridized carbons (Fsp3) is 0.647. The van der Waals surface area contributed by atoms with Gasteiger partial charge in [-0.3, -0.25) is 0 Å². The van der Waals surface area contributed by atoms with Gasteiger partial charge in [-0.25, -0.2) is 0 Å². The molecule has 0 saturated carbocycles. The number of ether oxygens (including phenoxy) is 3. The highest BCUT2D eigenvalue weighted by Gasteiger charge is 2.39. The van der Waals surface area contributed by atoms with E-state index in [2.05, 4.69) is 13.0 Å². The van der Waals surface area contributed by atoms with Gasteiger partial charge in [0, 0.05) is 37.8 Å². The summed E-state index contributed by atoms with van der Waals surface area (Å²) >= 11 is 0. The standard InChI is InChI=1S/C17H25NO3/c1-12-9-13(2)16(10-15(12)18)21-14-3-6-20-17(11-14)4-7-19-8-5-17/h9-10,14H,3-8,11,18H2,1-2H3. The van der Waals surface area contributed by atoms with Crippen molar-refractivity contribution in [3.63, 3.8) is 0 Å². The minimum atomic E-state index is -0.0364. The summed E-state index contributed by atoms with van der Waals surface area (Å²) in [7, 11) is 0. The summed E-state index contributed by atoms with van der Waals surface area (Å²) in [6.45, 7) is 6.46. The summed E-state index contributed by atoms with van der Waals surface area (Å²) in [4.78, 5) is 0. The highest BCUT2D eigenvalue weighted by Crippen LogP contribution is 2.36. The Balaban J connectivity index is 1.71. The summed E-state index contributed by atoms with van der Waals surface area (Å²) < 4.78 is 17.8. The van der Waals surface area contributed by atoms with Gasteiger partial charge in [0.1, 0.15) is 11.9 Å². The molecular formula is C17H25NO3. The lowest BCUT2D eigenvalue weighted by molar-refractivity contribution is -0.155. The summed E-state index contributed by atoms with van der Waals surface area (Å²) in [6, 6.07) is 4.05. The second kappa shape index (κ2) is 5.85. The molecule has 0 bridgehead atoms. The van der Waals surface area contributed by atoms with Gasteiger partial charge in [0.2, 0.25) is 0 Å². The molecule has 2 saturated heterocycles. The lowest BCUT2D eigenvalue weighted by Gasteiger charge is -2.43. The molecule has 1 atom stereocenters. The van der Waals surface area contributed by atoms with Crippen molar-refractivity contribution in [2.24, 2.45) is 0 Å². The number of rotatable bonds is 2. The molecule has 2 aliphatic rings. The third-order valence-electron chi connectivity index (χ3n) is 4.71. The highest BCUT2D eigenvalue weighted by atomic mass is 16.5. The number of anilines is 1. The molecule has 1 unspecified atom stereocenters. The van der Waals surface area contributed by atoms with E-state index in [0.717, 1.165) is 68.1 Å². The van der Waals surface area contributed by atoms with E-state index in [1.54, 1.807) is 0 Å². The number of nitrogen functional groups attached to an aromatic ring is 1. The molecule has 0 aromatic heterocycles. The molecule has 2 fully saturated rings. The van der Waals surface area contributed by atoms with Gasteiger partial charge in [0.15, 0.2) is 0 Å². The number of benzene rings is 1. The number of aryl methyl sites for hydroxylation is 2. The molecule has 0 radical (unpaired) electrons. The Morgan fingerprint density at radius 3 is 2.67 bits per heavy atom. The molecule has 2 aliphatic heterocycles. The van der Waals surface area contributed by atoms with Crippen molar-refractivity contribution in [1.29, 1.82) is 0 Å². The zero-order valence-corrected chi connectivity index (χ0v) is 13.0. The minimum absolute atomic E-state index is 0.0364. The fourth-order valence-corrected chi connectivity index (χ4v) is 3.33. The SMILES string of the molecule is Cc1cc(C)c(OC2CCOC3(CCOCC3)C2)cc1N. The average Bonchev–Trinajstić information content (AvgIpc) is 2.46. The van der Waals surface area contributed by atoms with Crippen LogP contribution in [0.5, 0.6) is 5.75 Å². The van der Waals surface area contributed by atoms with Crippen LogP contribution in [0.15, 0.2) is 12.1 Å². The molecule has 2 N–H and O–H groups in total. The van der Waals surface area contributed by atoms with E-state index in [4.69, 9.17) is 19.9 Å². The lowest BCUT2D eigenvalue weighted by atomic mass is 9.85. The third kappa shape index (κ3) is 3.16. The Morgan fingerprint density at radius 2 is 1.90 bits per heavy atom. The first-order valence-corrected chi connectivity index (χ1v) is 7.83. The molecule has 2 heterocycles. The van der Waals surface area contributed by atoms with Gasteiger partial charge in [-0.05, 0) is 37.8 Å². The molecule has 4 nitrogen and oxygen atoms in total. The third-order valence-corrected chi connectivity index (χ3v) is 4.71. The highest BCUT2D eigenvalue weighted by molar-refractivity contribution is 5.54. The molecule has 0 amide bonds. The van der Waals surface area contributed by atoms with Gasteiger partial charge in [0.05, 0.1) is 12.2 Å². The maximum Gasteiger partial charge on any atom is 0.124 e. The van der Waals surface area contributed by atoms with E-state index < -0.39 is 0 Å². The zero-order chi connectivity index (χ0) is 14.9. The van der Waals surface area contributed by atoms with Gasteiger partial charge in [-0.2, -0.15) is 0 Å². The van der Waals surface area contributed by atoms with Crippen LogP contribution in [0.3, 0.4) is 0 Å². The molecule has 21 heavy (non-hydrogen) atoms. The van der Waals surface area contributed by atoms with E-state index in [9.17, 15) is 0 Å². The maximum atomic E-state index is 6.25. The Bertz CT molecular complexity index is 503. The molecule has 1 aromatic rings. The first-order valence-electron chi connectivity index (χ1n) is 7.83. The molecule has 0 aliphatic carbocycles. The second-order valence-electron chi connectivity index (χ2n) is 6.35. The molecule has 1 aromatic carbocycles. The minimum Gasteiger partial charge on any atom is -0.490 e. The van der Waals surface area contributed by atoms with Crippen LogP contribution >= 0.6 is 0 Å². The van der Waals surface area contributed by atoms with Crippen LogP contribution < -0.4 is 10.5 Å². The van der Waals surface area contributed by atoms with E-state index in [1.807, 2.05) is 13.0 Å². The van der Waals surface area contributed by atoms with Crippen molar-refractivity contribution >= 4 is 5.69 Å². The number of hydrogen-bond donors (Lipinski definition) is 1. The van der Waals surface area contributed by atoms with Crippen molar-refractivity contribution in [2.75, 3.05) is 25.6 Å². The summed E-state index contributed by atoms with van der Waals surface area (Å²) in [5.41, 5.74) is 9.02. The Hall–Kier alpha value is -1.26. The summed E-state index contributed by atoms with van der Waals surface area (Å²) in [6.07, 6.45) is 4.04. The topological polar surface area (TPSA) is 53.7 Å². The van der Waals surface area contributed by atoms with Gasteiger partial charge >= 0.3 is 0 Å². The van der Waals surface area contributed by atoms with Crippen molar-refractivity contribution in [3.8, 4) is 5.75 Å². The van der Waals surface area contributed by atoms with E-state index in [0.29, 0.717) is 0 Å². The largest absolute Gasteiger partial charge is 0.490 e. The van der Waals surface area contributed by atoms with Crippen LogP contribution in [0, 0.1) is 13.8 Å². The van der Waals surface area contributed by atoms with E-state index in [1.165, 1.54) is 0 Å². The van der Waals surface area contributed by atoms with Crippen LogP contribution in [0.4, 0.5) is 5.69 Å². The zero-order valence-electron chi connectivity index (χ0n) is 13.0. The normalized spacial score (nSPS) is 25.0. The lowest BCUT2D eigenvalue weighted by Crippen LogP contribution is -2.47. The van der Waals surface area contributed by atoms with Crippen molar-refractivity contribution in [3.05, 3.63) is 23.3 Å². The summed E-state index contributed by atoms with van der Waals surface area (Å²) in [5.74, 6) is 0.909. The molecule has 3 rings (SSSR count). The Labute approximate surface area is 126 Å². The quantitative estimate of drug-likeness (QED) is 0.851. The van der Waals surface area contributed by atoms with Crippen LogP contribution in [-0.2, 0) is 9.47 Å². The predicted molar refractivity (Wildman–Crippen MR) is 82.7 cm³/mol. The van der Waals surface area contributed by atoms with Crippen LogP contribution in [-0.4, -0.2) is 31.5 Å². The monoisotopic (exact) mass is 291 g/mol. The fourth-order valence-electron chi connectivity index (χ4n) is 3.33. The number of hydrogen-bond acceptors (Lipinski definition) is 4. The van der Waals surface area contributed by atoms with Crippen molar-refractivity contribution in [1.82, 2.24) is 0 Å². The van der Waals surface area contributed by atoms with Gasteiger partial charge < -0.3 is 19.9 Å². The molecule has 116 valence electrons. The van der Waals surface area contributed by atoms with Crippen LogP contribution in [0.2, 0.25) is 0 Å². The van der Waals surface area contributed by atoms with Crippen molar-refractivity contribution in [2.45, 2.75) is 51.2 Å². The molecular weight excluding hydrogens is 266 g/mol. The van der Waals surface area contributed by atoms with Gasteiger partial charge in [-0.15, -0.1) is 0 Å². The van der Waals surface area contributed by atoms with Crippen LogP contribution in [0.25, 0.3) is 0 Å². The second-order valence-corrected chi connectivity index (χ2v) is 6.35. The Morgan fingerprint density at radius 1 is 1.14 bits per heavy atom. The number of nitrogens with two attached hydrogens (primary N) is 1. The summed E-state index contributed by atoms with van der Waals surface area (Å²) in [5, 5.41) is 0. The predicted octanol–water partition coefficient (Wildman–Crippen LogP) is 2.99. The van der Waals surface area contributed by atoms with Crippen LogP contribution in [0.1, 0.15) is 36.8 Å². The van der Waals surface area contributed by atoms with Crippen molar-refractivity contribution < 1.29 is 14.2 Å². The van der Waals surface area contributed by atoms with E-state index >= 15 is 0 Å². The van der Waals surface area contributed by atoms with Gasteiger partial charge in [-0.1, -0.05) is 6.07 Å². The molecule has 1 spiro atoms. The van der Waals surface area contributed by atoms with Gasteiger partial charge in [0.25, 0.3) is 0 Å². The smallest absolute Gasteiger partial charge is 0.124 e. The van der Waals surface area contributed by atoms with E-state index in [-0.39, 0.29) is 11.7 Å². The first kappa shape index (κ1) is 14.7. The molecule has 4 heteroatoms.